The zero-order valence-corrected chi connectivity index (χ0v) is 17.1. The van der Waals surface area contributed by atoms with Crippen molar-refractivity contribution in [3.05, 3.63) is 76.5 Å². The predicted octanol–water partition coefficient (Wildman–Crippen LogP) is 4.93. The van der Waals surface area contributed by atoms with E-state index in [0.29, 0.717) is 5.56 Å². The molecule has 5 heteroatoms. The summed E-state index contributed by atoms with van der Waals surface area (Å²) < 4.78 is 6.77. The molecule has 0 N–H and O–H groups in total. The summed E-state index contributed by atoms with van der Waals surface area (Å²) >= 11 is 0. The molecule has 3 rings (SSSR count). The number of ether oxygens (including phenoxy) is 1. The van der Waals surface area contributed by atoms with E-state index in [9.17, 15) is 10.1 Å². The molecular weight excluding hydrogens is 362 g/mol. The molecule has 0 atom stereocenters. The lowest BCUT2D eigenvalue weighted by Gasteiger charge is -2.10. The van der Waals surface area contributed by atoms with Gasteiger partial charge < -0.3 is 4.74 Å². The minimum absolute atomic E-state index is 0.0527. The van der Waals surface area contributed by atoms with Crippen LogP contribution in [0.5, 0.6) is 0 Å². The van der Waals surface area contributed by atoms with E-state index < -0.39 is 5.97 Å². The lowest BCUT2D eigenvalue weighted by molar-refractivity contribution is -0.137. The fourth-order valence-corrected chi connectivity index (χ4v) is 3.45. The molecule has 0 fully saturated rings. The van der Waals surface area contributed by atoms with Gasteiger partial charge in [-0.15, -0.1) is 0 Å². The fraction of sp³-hybridized carbons (Fsp3) is 0.208. The molecule has 0 aliphatic rings. The molecule has 0 amide bonds. The summed E-state index contributed by atoms with van der Waals surface area (Å²) in [4.78, 5) is 12.1. The van der Waals surface area contributed by atoms with Crippen molar-refractivity contribution in [2.75, 3.05) is 6.61 Å². The van der Waals surface area contributed by atoms with E-state index in [-0.39, 0.29) is 12.2 Å². The van der Waals surface area contributed by atoms with Crippen molar-refractivity contribution in [1.29, 1.82) is 5.26 Å². The van der Waals surface area contributed by atoms with Crippen molar-refractivity contribution < 1.29 is 9.53 Å². The third kappa shape index (κ3) is 4.27. The average molecular weight is 385 g/mol. The molecule has 0 radical (unpaired) electrons. The lowest BCUT2D eigenvalue weighted by Crippen LogP contribution is -2.06. The Morgan fingerprint density at radius 3 is 2.41 bits per heavy atom. The molecule has 1 aromatic heterocycles. The van der Waals surface area contributed by atoms with E-state index in [2.05, 4.69) is 19.1 Å². The van der Waals surface area contributed by atoms with Gasteiger partial charge in [0.15, 0.2) is 0 Å². The first-order valence-electron chi connectivity index (χ1n) is 9.46. The molecule has 0 bridgehead atoms. The Balaban J connectivity index is 2.24. The summed E-state index contributed by atoms with van der Waals surface area (Å²) in [5.41, 5.74) is 6.60. The monoisotopic (exact) mass is 385 g/mol. The van der Waals surface area contributed by atoms with Crippen LogP contribution in [0.2, 0.25) is 0 Å². The number of hydrogen-bond acceptors (Lipinski definition) is 4. The van der Waals surface area contributed by atoms with Gasteiger partial charge in [0.1, 0.15) is 17.3 Å². The van der Waals surface area contributed by atoms with E-state index in [1.54, 1.807) is 17.7 Å². The first-order valence-corrected chi connectivity index (χ1v) is 9.46. The molecule has 0 aliphatic carbocycles. The highest BCUT2D eigenvalue weighted by molar-refractivity contribution is 5.99. The number of rotatable bonds is 5. The maximum absolute atomic E-state index is 12.1. The van der Waals surface area contributed by atoms with Crippen molar-refractivity contribution in [3.63, 3.8) is 0 Å². The van der Waals surface area contributed by atoms with Crippen LogP contribution in [0.3, 0.4) is 0 Å². The molecule has 5 nitrogen and oxygen atoms in total. The van der Waals surface area contributed by atoms with Crippen molar-refractivity contribution in [3.8, 4) is 23.0 Å². The summed E-state index contributed by atoms with van der Waals surface area (Å²) in [5, 5.41) is 14.3. The number of aryl methyl sites for hydroxylation is 3. The Morgan fingerprint density at radius 2 is 1.83 bits per heavy atom. The minimum atomic E-state index is -0.634. The van der Waals surface area contributed by atoms with Crippen LogP contribution in [0.25, 0.3) is 23.0 Å². The van der Waals surface area contributed by atoms with Crippen LogP contribution >= 0.6 is 0 Å². The van der Waals surface area contributed by atoms with Crippen LogP contribution < -0.4 is 0 Å². The Kier molecular flexibility index (Phi) is 5.94. The highest BCUT2D eigenvalue weighted by Gasteiger charge is 2.18. The number of benzene rings is 2. The molecule has 0 unspecified atom stereocenters. The van der Waals surface area contributed by atoms with Gasteiger partial charge in [-0.05, 0) is 57.0 Å². The summed E-state index contributed by atoms with van der Waals surface area (Å²) in [6, 6.07) is 15.9. The molecule has 3 aromatic rings. The Labute approximate surface area is 170 Å². The quantitative estimate of drug-likeness (QED) is 0.355. The third-order valence-corrected chi connectivity index (χ3v) is 4.59. The molecule has 2 aromatic carbocycles. The summed E-state index contributed by atoms with van der Waals surface area (Å²) in [5.74, 6) is -0.634. The van der Waals surface area contributed by atoms with Gasteiger partial charge in [-0.3, -0.25) is 0 Å². The zero-order chi connectivity index (χ0) is 21.0. The summed E-state index contributed by atoms with van der Waals surface area (Å²) in [6.45, 7) is 8.07. The minimum Gasteiger partial charge on any atom is -0.462 e. The van der Waals surface area contributed by atoms with E-state index in [0.717, 1.165) is 28.1 Å². The van der Waals surface area contributed by atoms with Gasteiger partial charge in [-0.2, -0.15) is 10.4 Å². The standard InChI is InChI=1S/C24H23N3O2/c1-5-29-24(28)19(14-25)13-20-15-27(21-9-7-6-8-10-21)26-23(20)22-17(3)11-16(2)12-18(22)4/h6-13,15H,5H2,1-4H3. The Morgan fingerprint density at radius 1 is 1.17 bits per heavy atom. The molecule has 0 saturated heterocycles. The first kappa shape index (κ1) is 20.1. The highest BCUT2D eigenvalue weighted by atomic mass is 16.5. The van der Waals surface area contributed by atoms with Crippen LogP contribution in [0.1, 0.15) is 29.2 Å². The van der Waals surface area contributed by atoms with Crippen LogP contribution in [0.15, 0.2) is 54.2 Å². The van der Waals surface area contributed by atoms with Gasteiger partial charge in [-0.1, -0.05) is 35.9 Å². The number of carbonyl (C=O) groups is 1. The zero-order valence-electron chi connectivity index (χ0n) is 17.1. The average Bonchev–Trinajstić information content (AvgIpc) is 3.09. The number of esters is 1. The molecular formula is C24H23N3O2. The maximum Gasteiger partial charge on any atom is 0.348 e. The normalized spacial score (nSPS) is 11.2. The molecule has 0 saturated carbocycles. The lowest BCUT2D eigenvalue weighted by atomic mass is 9.95. The predicted molar refractivity (Wildman–Crippen MR) is 113 cm³/mol. The fourth-order valence-electron chi connectivity index (χ4n) is 3.45. The number of nitriles is 1. The van der Waals surface area contributed by atoms with Gasteiger partial charge >= 0.3 is 5.97 Å². The second-order valence-corrected chi connectivity index (χ2v) is 6.88. The van der Waals surface area contributed by atoms with Gasteiger partial charge in [0, 0.05) is 17.3 Å². The van der Waals surface area contributed by atoms with Crippen molar-refractivity contribution in [1.82, 2.24) is 9.78 Å². The number of carbonyl (C=O) groups excluding carboxylic acids is 1. The van der Waals surface area contributed by atoms with Gasteiger partial charge in [-0.25, -0.2) is 9.48 Å². The number of para-hydroxylation sites is 1. The molecule has 0 spiro atoms. The summed E-state index contributed by atoms with van der Waals surface area (Å²) in [6.07, 6.45) is 3.39. The summed E-state index contributed by atoms with van der Waals surface area (Å²) in [7, 11) is 0. The van der Waals surface area contributed by atoms with Crippen LogP contribution in [0.4, 0.5) is 0 Å². The van der Waals surface area contributed by atoms with Gasteiger partial charge in [0.2, 0.25) is 0 Å². The van der Waals surface area contributed by atoms with Crippen molar-refractivity contribution in [2.24, 2.45) is 0 Å². The third-order valence-electron chi connectivity index (χ3n) is 4.59. The van der Waals surface area contributed by atoms with Crippen LogP contribution in [0, 0.1) is 32.1 Å². The smallest absolute Gasteiger partial charge is 0.348 e. The maximum atomic E-state index is 12.1. The van der Waals surface area contributed by atoms with Gasteiger partial charge in [0.05, 0.1) is 12.3 Å². The number of hydrogen-bond donors (Lipinski definition) is 0. The van der Waals surface area contributed by atoms with Crippen LogP contribution in [-0.2, 0) is 9.53 Å². The van der Waals surface area contributed by atoms with Crippen molar-refractivity contribution >= 4 is 12.0 Å². The largest absolute Gasteiger partial charge is 0.462 e. The van der Waals surface area contributed by atoms with Crippen molar-refractivity contribution in [2.45, 2.75) is 27.7 Å². The second-order valence-electron chi connectivity index (χ2n) is 6.88. The Bertz CT molecular complexity index is 1100. The highest BCUT2D eigenvalue weighted by Crippen LogP contribution is 2.32. The molecule has 0 aliphatic heterocycles. The van der Waals surface area contributed by atoms with Gasteiger partial charge in [0.25, 0.3) is 0 Å². The Hall–Kier alpha value is -3.65. The van der Waals surface area contributed by atoms with E-state index in [4.69, 9.17) is 9.84 Å². The molecule has 1 heterocycles. The van der Waals surface area contributed by atoms with E-state index in [1.807, 2.05) is 56.4 Å². The molecule has 146 valence electrons. The topological polar surface area (TPSA) is 67.9 Å². The second kappa shape index (κ2) is 8.57. The SMILES string of the molecule is CCOC(=O)C(C#N)=Cc1cn(-c2ccccc2)nc1-c1c(C)cc(C)cc1C. The first-order chi connectivity index (χ1) is 13.9. The van der Waals surface area contributed by atoms with Crippen LogP contribution in [-0.4, -0.2) is 22.4 Å². The van der Waals surface area contributed by atoms with E-state index in [1.165, 1.54) is 5.56 Å². The molecule has 29 heavy (non-hydrogen) atoms. The number of nitrogens with zero attached hydrogens (tertiary/aromatic N) is 3. The number of aromatic nitrogens is 2. The van der Waals surface area contributed by atoms with E-state index >= 15 is 0 Å².